The van der Waals surface area contributed by atoms with E-state index in [9.17, 15) is 4.79 Å². The van der Waals surface area contributed by atoms with Gasteiger partial charge in [0.15, 0.2) is 0 Å². The van der Waals surface area contributed by atoms with Crippen LogP contribution in [-0.4, -0.2) is 30.4 Å². The van der Waals surface area contributed by atoms with Gasteiger partial charge in [0.2, 0.25) is 0 Å². The molecule has 0 aliphatic heterocycles. The number of aliphatic carboxylic acids is 1. The molecule has 0 saturated heterocycles. The van der Waals surface area contributed by atoms with Crippen molar-refractivity contribution in [2.75, 3.05) is 7.05 Å². The van der Waals surface area contributed by atoms with Crippen LogP contribution in [0.25, 0.3) is 0 Å². The van der Waals surface area contributed by atoms with Gasteiger partial charge in [-0.25, -0.2) is 0 Å². The summed E-state index contributed by atoms with van der Waals surface area (Å²) in [6.45, 7) is 3.66. The zero-order chi connectivity index (χ0) is 10.3. The van der Waals surface area contributed by atoms with Crippen molar-refractivity contribution in [3.05, 3.63) is 24.3 Å². The molecule has 4 heteroatoms. The first-order valence-electron chi connectivity index (χ1n) is 3.83. The minimum Gasteiger partial charge on any atom is -0.480 e. The summed E-state index contributed by atoms with van der Waals surface area (Å²) in [5.74, 6) is -1.02. The fourth-order valence-electron chi connectivity index (χ4n) is 0.703. The summed E-state index contributed by atoms with van der Waals surface area (Å²) in [5.41, 5.74) is 5.97. The molecule has 0 radical (unpaired) electrons. The highest BCUT2D eigenvalue weighted by molar-refractivity contribution is 5.74. The number of carboxylic acids is 1. The molecule has 0 aliphatic carbocycles. The largest absolute Gasteiger partial charge is 0.480 e. The Bertz CT molecular complexity index is 244. The molecule has 0 spiro atoms. The Morgan fingerprint density at radius 1 is 1.77 bits per heavy atom. The maximum atomic E-state index is 10.3. The first kappa shape index (κ1) is 11.6. The minimum atomic E-state index is -1.02. The molecule has 0 aliphatic rings. The average molecular weight is 182 g/mol. The Morgan fingerprint density at radius 2 is 2.38 bits per heavy atom. The van der Waals surface area contributed by atoms with Gasteiger partial charge >= 0.3 is 5.97 Å². The van der Waals surface area contributed by atoms with Crippen LogP contribution in [0.5, 0.6) is 0 Å². The molecule has 0 saturated carbocycles. The Labute approximate surface area is 77.5 Å². The SMILES string of the molecule is C=C(/C=C\C=NC)CC(N)C(=O)O. The van der Waals surface area contributed by atoms with Crippen molar-refractivity contribution < 1.29 is 9.90 Å². The molecule has 0 heterocycles. The highest BCUT2D eigenvalue weighted by Crippen LogP contribution is 2.02. The van der Waals surface area contributed by atoms with Crippen molar-refractivity contribution in [3.63, 3.8) is 0 Å². The zero-order valence-corrected chi connectivity index (χ0v) is 7.60. The van der Waals surface area contributed by atoms with Gasteiger partial charge in [-0.2, -0.15) is 0 Å². The van der Waals surface area contributed by atoms with E-state index in [1.807, 2.05) is 0 Å². The topological polar surface area (TPSA) is 75.7 Å². The molecular weight excluding hydrogens is 168 g/mol. The van der Waals surface area contributed by atoms with E-state index < -0.39 is 12.0 Å². The number of hydrogen-bond acceptors (Lipinski definition) is 3. The van der Waals surface area contributed by atoms with Crippen LogP contribution in [0.4, 0.5) is 0 Å². The lowest BCUT2D eigenvalue weighted by molar-refractivity contribution is -0.138. The fourth-order valence-corrected chi connectivity index (χ4v) is 0.703. The molecule has 0 aromatic heterocycles. The molecule has 0 rings (SSSR count). The van der Waals surface area contributed by atoms with E-state index in [1.54, 1.807) is 25.4 Å². The number of nitrogens with zero attached hydrogens (tertiary/aromatic N) is 1. The number of carboxylic acid groups (broad SMARTS) is 1. The zero-order valence-electron chi connectivity index (χ0n) is 7.60. The van der Waals surface area contributed by atoms with Crippen molar-refractivity contribution >= 4 is 12.2 Å². The van der Waals surface area contributed by atoms with E-state index in [-0.39, 0.29) is 6.42 Å². The van der Waals surface area contributed by atoms with Gasteiger partial charge < -0.3 is 10.8 Å². The van der Waals surface area contributed by atoms with Gasteiger partial charge in [0.05, 0.1) is 0 Å². The molecule has 4 nitrogen and oxygen atoms in total. The van der Waals surface area contributed by atoms with Gasteiger partial charge in [0, 0.05) is 13.3 Å². The second kappa shape index (κ2) is 6.14. The third-order valence-corrected chi connectivity index (χ3v) is 1.37. The summed E-state index contributed by atoms with van der Waals surface area (Å²) < 4.78 is 0. The van der Waals surface area contributed by atoms with Crippen LogP contribution < -0.4 is 5.73 Å². The van der Waals surface area contributed by atoms with Crippen LogP contribution in [0.15, 0.2) is 29.3 Å². The van der Waals surface area contributed by atoms with Gasteiger partial charge in [0.25, 0.3) is 0 Å². The summed E-state index contributed by atoms with van der Waals surface area (Å²) in [4.78, 5) is 14.1. The standard InChI is InChI=1S/C9H14N2O2/c1-7(4-3-5-11-2)6-8(10)9(12)13/h3-5,8H,1,6,10H2,2H3,(H,12,13)/b4-3-,11-5?. The van der Waals surface area contributed by atoms with Crippen LogP contribution in [0.3, 0.4) is 0 Å². The van der Waals surface area contributed by atoms with E-state index in [2.05, 4.69) is 11.6 Å². The predicted octanol–water partition coefficient (Wildman–Crippen LogP) is 0.601. The number of hydrogen-bond donors (Lipinski definition) is 2. The molecule has 0 aromatic rings. The van der Waals surface area contributed by atoms with Crippen molar-refractivity contribution in [2.45, 2.75) is 12.5 Å². The lowest BCUT2D eigenvalue weighted by atomic mass is 10.1. The van der Waals surface area contributed by atoms with Gasteiger partial charge in [-0.05, 0) is 12.5 Å². The highest BCUT2D eigenvalue weighted by atomic mass is 16.4. The smallest absolute Gasteiger partial charge is 0.320 e. The van der Waals surface area contributed by atoms with Gasteiger partial charge in [0.1, 0.15) is 6.04 Å². The summed E-state index contributed by atoms with van der Waals surface area (Å²) in [6, 6.07) is -0.879. The van der Waals surface area contributed by atoms with E-state index in [0.29, 0.717) is 5.57 Å². The molecule has 13 heavy (non-hydrogen) atoms. The second-order valence-electron chi connectivity index (χ2n) is 2.57. The third kappa shape index (κ3) is 5.81. The van der Waals surface area contributed by atoms with Crippen molar-refractivity contribution in [1.82, 2.24) is 0 Å². The Kier molecular flexibility index (Phi) is 5.47. The lowest BCUT2D eigenvalue weighted by Gasteiger charge is -2.04. The third-order valence-electron chi connectivity index (χ3n) is 1.37. The maximum absolute atomic E-state index is 10.3. The molecule has 1 unspecified atom stereocenters. The van der Waals surface area contributed by atoms with E-state index in [1.165, 1.54) is 0 Å². The number of rotatable bonds is 5. The summed E-state index contributed by atoms with van der Waals surface area (Å²) in [6.07, 6.45) is 5.23. The number of allylic oxidation sites excluding steroid dienone is 2. The molecule has 0 fully saturated rings. The van der Waals surface area contributed by atoms with Crippen LogP contribution in [-0.2, 0) is 4.79 Å². The molecule has 3 N–H and O–H groups in total. The van der Waals surface area contributed by atoms with Gasteiger partial charge in [-0.3, -0.25) is 9.79 Å². The van der Waals surface area contributed by atoms with E-state index in [0.717, 1.165) is 0 Å². The molecule has 72 valence electrons. The van der Waals surface area contributed by atoms with E-state index >= 15 is 0 Å². The van der Waals surface area contributed by atoms with E-state index in [4.69, 9.17) is 10.8 Å². The number of nitrogens with two attached hydrogens (primary N) is 1. The molecule has 0 amide bonds. The minimum absolute atomic E-state index is 0.253. The van der Waals surface area contributed by atoms with Crippen LogP contribution in [0.1, 0.15) is 6.42 Å². The average Bonchev–Trinajstić information content (AvgIpc) is 2.04. The normalized spacial score (nSPS) is 13.7. The Balaban J connectivity index is 3.94. The van der Waals surface area contributed by atoms with Crippen molar-refractivity contribution in [1.29, 1.82) is 0 Å². The lowest BCUT2D eigenvalue weighted by Crippen LogP contribution is -2.30. The Hall–Kier alpha value is -1.42. The van der Waals surface area contributed by atoms with Crippen LogP contribution in [0, 0.1) is 0 Å². The van der Waals surface area contributed by atoms with Crippen LogP contribution in [0.2, 0.25) is 0 Å². The quantitative estimate of drug-likeness (QED) is 0.483. The maximum Gasteiger partial charge on any atom is 0.320 e. The number of carbonyl (C=O) groups is 1. The summed E-state index contributed by atoms with van der Waals surface area (Å²) in [7, 11) is 1.65. The molecule has 0 bridgehead atoms. The van der Waals surface area contributed by atoms with Gasteiger partial charge in [-0.1, -0.05) is 18.2 Å². The fraction of sp³-hybridized carbons (Fsp3) is 0.333. The van der Waals surface area contributed by atoms with Crippen molar-refractivity contribution in [2.24, 2.45) is 10.7 Å². The van der Waals surface area contributed by atoms with Crippen LogP contribution >= 0.6 is 0 Å². The summed E-state index contributed by atoms with van der Waals surface area (Å²) in [5, 5.41) is 8.49. The van der Waals surface area contributed by atoms with Gasteiger partial charge in [-0.15, -0.1) is 0 Å². The molecule has 0 aromatic carbocycles. The Morgan fingerprint density at radius 3 is 2.85 bits per heavy atom. The predicted molar refractivity (Wildman–Crippen MR) is 52.9 cm³/mol. The highest BCUT2D eigenvalue weighted by Gasteiger charge is 2.10. The first-order valence-corrected chi connectivity index (χ1v) is 3.83. The molecule has 1 atom stereocenters. The second-order valence-corrected chi connectivity index (χ2v) is 2.57. The molecular formula is C9H14N2O2. The first-order chi connectivity index (χ1) is 6.07. The monoisotopic (exact) mass is 182 g/mol. The summed E-state index contributed by atoms with van der Waals surface area (Å²) >= 11 is 0. The van der Waals surface area contributed by atoms with Crippen molar-refractivity contribution in [3.8, 4) is 0 Å². The number of aliphatic imine (C=N–C) groups is 1.